The van der Waals surface area contributed by atoms with Gasteiger partial charge >= 0.3 is 11.7 Å². The second-order valence-electron chi connectivity index (χ2n) is 8.78. The number of nitrogens with two attached hydrogens (primary N) is 1. The number of carboxylic acids is 1. The Labute approximate surface area is 224 Å². The van der Waals surface area contributed by atoms with Crippen molar-refractivity contribution in [2.75, 3.05) is 0 Å². The first-order valence-electron chi connectivity index (χ1n) is 11.8. The van der Waals surface area contributed by atoms with E-state index in [0.717, 1.165) is 10.7 Å². The largest absolute Gasteiger partial charge is 0.478 e. The zero-order valence-corrected chi connectivity index (χ0v) is 20.9. The van der Waals surface area contributed by atoms with Gasteiger partial charge in [0.05, 0.1) is 17.3 Å². The summed E-state index contributed by atoms with van der Waals surface area (Å²) in [6.45, 7) is 0.115. The van der Waals surface area contributed by atoms with Crippen molar-refractivity contribution >= 4 is 40.4 Å². The number of nitrogens with one attached hydrogen (secondary N) is 2. The molecular weight excluding hydrogens is 522 g/mol. The van der Waals surface area contributed by atoms with Gasteiger partial charge < -0.3 is 25.9 Å². The molecule has 0 unspecified atom stereocenters. The summed E-state index contributed by atoms with van der Waals surface area (Å²) >= 11 is 0. The summed E-state index contributed by atoms with van der Waals surface area (Å²) in [5, 5.41) is 18.5. The highest BCUT2D eigenvalue weighted by atomic mass is 16.4. The topological polar surface area (TPSA) is 204 Å². The fraction of sp³-hybridized carbons (Fsp3) is 0.115. The predicted molar refractivity (Wildman–Crippen MR) is 139 cm³/mol. The van der Waals surface area contributed by atoms with E-state index in [1.165, 1.54) is 22.8 Å². The summed E-state index contributed by atoms with van der Waals surface area (Å²) in [5.74, 6) is -3.70. The molecule has 0 fully saturated rings. The Kier molecular flexibility index (Phi) is 6.57. The van der Waals surface area contributed by atoms with Crippen molar-refractivity contribution in [3.05, 3.63) is 98.9 Å². The lowest BCUT2D eigenvalue weighted by Crippen LogP contribution is -2.28. The molecule has 3 aromatic heterocycles. The summed E-state index contributed by atoms with van der Waals surface area (Å²) < 4.78 is 7.56. The molecule has 2 aromatic carbocycles. The lowest BCUT2D eigenvalue weighted by atomic mass is 10.1. The Bertz CT molecular complexity index is 1880. The molecule has 0 spiro atoms. The Morgan fingerprint density at radius 1 is 0.975 bits per heavy atom. The van der Waals surface area contributed by atoms with Crippen LogP contribution in [0.3, 0.4) is 0 Å². The Morgan fingerprint density at radius 3 is 2.35 bits per heavy atom. The average molecular weight is 543 g/mol. The van der Waals surface area contributed by atoms with Gasteiger partial charge in [0.1, 0.15) is 17.0 Å². The van der Waals surface area contributed by atoms with Gasteiger partial charge in [0.2, 0.25) is 0 Å². The molecule has 0 aliphatic heterocycles. The fourth-order valence-corrected chi connectivity index (χ4v) is 4.01. The van der Waals surface area contributed by atoms with Crippen molar-refractivity contribution in [3.8, 4) is 0 Å². The molecule has 5 N–H and O–H groups in total. The third-order valence-corrected chi connectivity index (χ3v) is 6.17. The van der Waals surface area contributed by atoms with E-state index in [0.29, 0.717) is 22.2 Å². The molecule has 202 valence electrons. The van der Waals surface area contributed by atoms with Crippen LogP contribution in [0.2, 0.25) is 0 Å². The molecule has 5 rings (SSSR count). The number of carbonyl (C=O) groups excluding carboxylic acids is 3. The minimum absolute atomic E-state index is 0.0486. The van der Waals surface area contributed by atoms with Crippen molar-refractivity contribution in [3.63, 3.8) is 0 Å². The zero-order valence-electron chi connectivity index (χ0n) is 20.9. The second-order valence-corrected chi connectivity index (χ2v) is 8.78. The Hall–Kier alpha value is -5.79. The molecule has 0 saturated heterocycles. The van der Waals surface area contributed by atoms with Crippen molar-refractivity contribution in [1.29, 1.82) is 0 Å². The van der Waals surface area contributed by atoms with E-state index in [4.69, 9.17) is 15.3 Å². The molecule has 3 heterocycles. The van der Waals surface area contributed by atoms with Gasteiger partial charge in [-0.15, -0.1) is 0 Å². The monoisotopic (exact) mass is 543 g/mol. The van der Waals surface area contributed by atoms with Gasteiger partial charge in [-0.3, -0.25) is 19.0 Å². The van der Waals surface area contributed by atoms with E-state index >= 15 is 0 Å². The molecule has 0 atom stereocenters. The van der Waals surface area contributed by atoms with Crippen molar-refractivity contribution in [2.24, 2.45) is 12.8 Å². The number of oxazole rings is 1. The number of aromatic nitrogens is 4. The molecule has 40 heavy (non-hydrogen) atoms. The fourth-order valence-electron chi connectivity index (χ4n) is 4.01. The first kappa shape index (κ1) is 25.8. The highest BCUT2D eigenvalue weighted by Gasteiger charge is 2.22. The highest BCUT2D eigenvalue weighted by molar-refractivity contribution is 6.02. The normalized spacial score (nSPS) is 11.0. The van der Waals surface area contributed by atoms with Gasteiger partial charge in [-0.05, 0) is 35.4 Å². The maximum Gasteiger partial charge on any atom is 0.419 e. The SMILES string of the molecule is Cn1c(=O)oc2ccc(CNC(=O)c3cc(C(=O)NCc4ccc(C(=O)O)cc4)n4ncc(C(N)=O)c4n3)cc21. The van der Waals surface area contributed by atoms with Gasteiger partial charge in [0, 0.05) is 26.2 Å². The number of carbonyl (C=O) groups is 4. The predicted octanol–water partition coefficient (Wildman–Crippen LogP) is 0.831. The Morgan fingerprint density at radius 2 is 1.65 bits per heavy atom. The van der Waals surface area contributed by atoms with Gasteiger partial charge in [-0.2, -0.15) is 5.10 Å². The molecule has 0 bridgehead atoms. The van der Waals surface area contributed by atoms with Crippen LogP contribution in [-0.4, -0.2) is 48.0 Å². The van der Waals surface area contributed by atoms with Crippen LogP contribution in [0.15, 0.2) is 63.9 Å². The van der Waals surface area contributed by atoms with E-state index in [1.807, 2.05) is 0 Å². The van der Waals surface area contributed by atoms with E-state index in [1.54, 1.807) is 37.4 Å². The van der Waals surface area contributed by atoms with Crippen LogP contribution in [0.25, 0.3) is 16.7 Å². The van der Waals surface area contributed by atoms with Crippen LogP contribution < -0.4 is 22.1 Å². The number of aryl methyl sites for hydroxylation is 1. The Balaban J connectivity index is 1.40. The second kappa shape index (κ2) is 10.2. The number of benzene rings is 2. The number of hydrogen-bond donors (Lipinski definition) is 4. The quantitative estimate of drug-likeness (QED) is 0.218. The van der Waals surface area contributed by atoms with E-state index in [2.05, 4.69) is 20.7 Å². The van der Waals surface area contributed by atoms with Crippen LogP contribution in [0.1, 0.15) is 52.8 Å². The maximum absolute atomic E-state index is 13.1. The number of aromatic carboxylic acids is 1. The smallest absolute Gasteiger partial charge is 0.419 e. The maximum atomic E-state index is 13.1. The number of fused-ring (bicyclic) bond motifs is 2. The molecule has 0 radical (unpaired) electrons. The average Bonchev–Trinajstić information content (AvgIpc) is 3.50. The molecule has 14 heteroatoms. The molecule has 3 amide bonds. The third kappa shape index (κ3) is 4.88. The van der Waals surface area contributed by atoms with Gasteiger partial charge in [-0.1, -0.05) is 18.2 Å². The molecule has 5 aromatic rings. The first-order valence-corrected chi connectivity index (χ1v) is 11.8. The van der Waals surface area contributed by atoms with E-state index in [9.17, 15) is 24.0 Å². The number of nitrogens with zero attached hydrogens (tertiary/aromatic N) is 4. The molecule has 0 aliphatic carbocycles. The lowest BCUT2D eigenvalue weighted by molar-refractivity contribution is 0.0696. The van der Waals surface area contributed by atoms with Gasteiger partial charge in [0.15, 0.2) is 11.2 Å². The molecule has 0 saturated carbocycles. The standard InChI is InChI=1S/C26H21N7O7/c1-32-18-8-14(4-7-20(18)40-26(32)39)11-28-23(35)17-9-19(33-22(31-17)16(12-30-33)21(27)34)24(36)29-10-13-2-5-15(6-3-13)25(37)38/h2-9,12H,10-11H2,1H3,(H2,27,34)(H,28,35)(H,29,36)(H,37,38). The van der Waals surface area contributed by atoms with Gasteiger partial charge in [-0.25, -0.2) is 19.1 Å². The van der Waals surface area contributed by atoms with E-state index in [-0.39, 0.29) is 41.3 Å². The summed E-state index contributed by atoms with van der Waals surface area (Å²) in [4.78, 5) is 65.1. The van der Waals surface area contributed by atoms with Crippen molar-refractivity contribution in [1.82, 2.24) is 29.8 Å². The van der Waals surface area contributed by atoms with Crippen molar-refractivity contribution < 1.29 is 28.7 Å². The lowest BCUT2D eigenvalue weighted by Gasteiger charge is -2.10. The minimum Gasteiger partial charge on any atom is -0.478 e. The van der Waals surface area contributed by atoms with E-state index < -0.39 is 29.4 Å². The van der Waals surface area contributed by atoms with Crippen LogP contribution in [0, 0.1) is 0 Å². The number of primary amides is 1. The van der Waals surface area contributed by atoms with Crippen LogP contribution in [-0.2, 0) is 20.1 Å². The van der Waals surface area contributed by atoms with Gasteiger partial charge in [0.25, 0.3) is 17.7 Å². The minimum atomic E-state index is -1.07. The molecule has 14 nitrogen and oxygen atoms in total. The molecule has 0 aliphatic rings. The number of amides is 3. The first-order chi connectivity index (χ1) is 19.1. The summed E-state index contributed by atoms with van der Waals surface area (Å²) in [6.07, 6.45) is 1.15. The van der Waals surface area contributed by atoms with Crippen molar-refractivity contribution in [2.45, 2.75) is 13.1 Å². The van der Waals surface area contributed by atoms with Crippen LogP contribution >= 0.6 is 0 Å². The van der Waals surface area contributed by atoms with Crippen LogP contribution in [0.5, 0.6) is 0 Å². The zero-order chi connectivity index (χ0) is 28.6. The molecular formula is C26H21N7O7. The number of hydrogen-bond acceptors (Lipinski definition) is 8. The van der Waals surface area contributed by atoms with Crippen LogP contribution in [0.4, 0.5) is 0 Å². The number of carboxylic acid groups (broad SMARTS) is 1. The summed E-state index contributed by atoms with van der Waals surface area (Å²) in [5.41, 5.74) is 7.39. The summed E-state index contributed by atoms with van der Waals surface area (Å²) in [7, 11) is 1.56. The number of rotatable bonds is 8. The summed E-state index contributed by atoms with van der Waals surface area (Å²) in [6, 6.07) is 12.2. The third-order valence-electron chi connectivity index (χ3n) is 6.17. The highest BCUT2D eigenvalue weighted by Crippen LogP contribution is 2.16.